The lowest BCUT2D eigenvalue weighted by atomic mass is 9.79. The van der Waals surface area contributed by atoms with Crippen molar-refractivity contribution >= 4 is 21.6 Å². The number of benzene rings is 1. The summed E-state index contributed by atoms with van der Waals surface area (Å²) in [5, 5.41) is 4.97. The van der Waals surface area contributed by atoms with Gasteiger partial charge in [-0.3, -0.25) is 0 Å². The van der Waals surface area contributed by atoms with Gasteiger partial charge in [-0.1, -0.05) is 26.0 Å². The van der Waals surface area contributed by atoms with E-state index in [1.165, 1.54) is 22.5 Å². The molecule has 0 aliphatic carbocycles. The second-order valence-electron chi connectivity index (χ2n) is 7.06. The summed E-state index contributed by atoms with van der Waals surface area (Å²) >= 11 is 1.85. The van der Waals surface area contributed by atoms with Crippen LogP contribution in [0.15, 0.2) is 24.3 Å². The Morgan fingerprint density at radius 2 is 1.76 bits per heavy atom. The van der Waals surface area contributed by atoms with Crippen LogP contribution in [0.4, 0.5) is 0 Å². The van der Waals surface area contributed by atoms with E-state index < -0.39 is 0 Å². The molecule has 0 saturated carbocycles. The number of para-hydroxylation sites is 1. The summed E-state index contributed by atoms with van der Waals surface area (Å²) in [5.41, 5.74) is 1.62. The number of nitrogens with zero attached hydrogens (tertiary/aromatic N) is 1. The van der Waals surface area contributed by atoms with Crippen molar-refractivity contribution in [1.82, 2.24) is 10.3 Å². The molecule has 0 amide bonds. The van der Waals surface area contributed by atoms with E-state index in [1.807, 2.05) is 11.3 Å². The number of fused-ring (bicyclic) bond motifs is 1. The van der Waals surface area contributed by atoms with Crippen molar-refractivity contribution in [2.24, 2.45) is 5.41 Å². The molecule has 0 atom stereocenters. The van der Waals surface area contributed by atoms with Gasteiger partial charge in [0.25, 0.3) is 0 Å². The van der Waals surface area contributed by atoms with Crippen LogP contribution in [-0.4, -0.2) is 17.1 Å². The second kappa shape index (κ2) is 6.45. The van der Waals surface area contributed by atoms with Gasteiger partial charge in [0.1, 0.15) is 0 Å². The zero-order chi connectivity index (χ0) is 15.5. The Kier molecular flexibility index (Phi) is 5.05. The van der Waals surface area contributed by atoms with Crippen LogP contribution in [0.2, 0.25) is 0 Å². The van der Waals surface area contributed by atoms with Gasteiger partial charge in [-0.2, -0.15) is 0 Å². The highest BCUT2D eigenvalue weighted by Gasteiger charge is 2.29. The van der Waals surface area contributed by atoms with Gasteiger partial charge in [0, 0.05) is 18.5 Å². The molecule has 3 heteroatoms. The maximum absolute atomic E-state index is 4.83. The maximum Gasteiger partial charge on any atom is 0.0944 e. The number of thiazole rings is 1. The summed E-state index contributed by atoms with van der Waals surface area (Å²) in [6.07, 6.45) is 3.44. The van der Waals surface area contributed by atoms with Gasteiger partial charge in [-0.25, -0.2) is 4.98 Å². The maximum atomic E-state index is 4.83. The largest absolute Gasteiger partial charge is 0.312 e. The fourth-order valence-electron chi connectivity index (χ4n) is 2.58. The Morgan fingerprint density at radius 1 is 1.10 bits per heavy atom. The lowest BCUT2D eigenvalue weighted by Gasteiger charge is -2.35. The Morgan fingerprint density at radius 3 is 2.33 bits per heavy atom. The first kappa shape index (κ1) is 16.4. The average molecular weight is 305 g/mol. The van der Waals surface area contributed by atoms with E-state index in [2.05, 4.69) is 64.2 Å². The van der Waals surface area contributed by atoms with E-state index in [9.17, 15) is 0 Å². The molecule has 0 radical (unpaired) electrons. The van der Waals surface area contributed by atoms with Crippen molar-refractivity contribution in [2.75, 3.05) is 6.54 Å². The molecule has 0 unspecified atom stereocenters. The van der Waals surface area contributed by atoms with Crippen LogP contribution in [0.25, 0.3) is 10.2 Å². The summed E-state index contributed by atoms with van der Waals surface area (Å²) < 4.78 is 1.30. The predicted molar refractivity (Wildman–Crippen MR) is 94.1 cm³/mol. The van der Waals surface area contributed by atoms with Gasteiger partial charge >= 0.3 is 0 Å². The van der Waals surface area contributed by atoms with Crippen molar-refractivity contribution in [3.8, 4) is 0 Å². The minimum Gasteiger partial charge on any atom is -0.312 e. The van der Waals surface area contributed by atoms with E-state index >= 15 is 0 Å². The zero-order valence-electron chi connectivity index (χ0n) is 14.0. The zero-order valence-corrected chi connectivity index (χ0v) is 14.8. The molecule has 2 nitrogen and oxygen atoms in total. The number of nitrogens with one attached hydrogen (secondary N) is 1. The number of hydrogen-bond acceptors (Lipinski definition) is 3. The smallest absolute Gasteiger partial charge is 0.0944 e. The van der Waals surface area contributed by atoms with E-state index in [0.29, 0.717) is 5.41 Å². The Bertz CT molecular complexity index is 543. The normalized spacial score (nSPS) is 13.0. The van der Waals surface area contributed by atoms with Crippen LogP contribution in [-0.2, 0) is 6.42 Å². The van der Waals surface area contributed by atoms with Gasteiger partial charge < -0.3 is 5.32 Å². The highest BCUT2D eigenvalue weighted by molar-refractivity contribution is 7.18. The average Bonchev–Trinajstić information content (AvgIpc) is 2.84. The topological polar surface area (TPSA) is 24.9 Å². The molecular formula is C18H28N2S. The molecule has 0 fully saturated rings. The van der Waals surface area contributed by atoms with Crippen LogP contribution in [0.3, 0.4) is 0 Å². The third kappa shape index (κ3) is 4.27. The quantitative estimate of drug-likeness (QED) is 0.809. The Hall–Kier alpha value is -0.930. The molecule has 2 rings (SSSR count). The van der Waals surface area contributed by atoms with Gasteiger partial charge in [-0.15, -0.1) is 11.3 Å². The van der Waals surface area contributed by atoms with E-state index in [4.69, 9.17) is 4.98 Å². The first-order chi connectivity index (χ1) is 9.87. The fraction of sp³-hybridized carbons (Fsp3) is 0.611. The molecule has 0 bridgehead atoms. The lowest BCUT2D eigenvalue weighted by Crippen LogP contribution is -2.44. The number of rotatable bonds is 6. The first-order valence-electron chi connectivity index (χ1n) is 7.97. The first-order valence-corrected chi connectivity index (χ1v) is 8.78. The number of hydrogen-bond donors (Lipinski definition) is 1. The summed E-state index contributed by atoms with van der Waals surface area (Å²) in [5.74, 6) is 0. The van der Waals surface area contributed by atoms with Crippen molar-refractivity contribution in [3.05, 3.63) is 29.3 Å². The molecule has 0 aliphatic rings. The van der Waals surface area contributed by atoms with Crippen molar-refractivity contribution in [2.45, 2.75) is 59.4 Å². The summed E-state index contributed by atoms with van der Waals surface area (Å²) in [6.45, 7) is 12.4. The molecule has 1 aromatic carbocycles. The molecule has 21 heavy (non-hydrogen) atoms. The van der Waals surface area contributed by atoms with E-state index in [0.717, 1.165) is 18.5 Å². The lowest BCUT2D eigenvalue weighted by molar-refractivity contribution is 0.220. The van der Waals surface area contributed by atoms with Crippen molar-refractivity contribution < 1.29 is 0 Å². The van der Waals surface area contributed by atoms with Crippen molar-refractivity contribution in [1.29, 1.82) is 0 Å². The van der Waals surface area contributed by atoms with Crippen LogP contribution in [0, 0.1) is 5.41 Å². The molecule has 116 valence electrons. The third-order valence-electron chi connectivity index (χ3n) is 4.36. The summed E-state index contributed by atoms with van der Waals surface area (Å²) in [4.78, 5) is 4.83. The molecule has 0 aliphatic heterocycles. The number of aromatic nitrogens is 1. The third-order valence-corrected chi connectivity index (χ3v) is 5.39. The van der Waals surface area contributed by atoms with Crippen LogP contribution in [0.5, 0.6) is 0 Å². The molecular weight excluding hydrogens is 276 g/mol. The molecule has 0 spiro atoms. The summed E-state index contributed by atoms with van der Waals surface area (Å²) in [6, 6.07) is 8.45. The molecule has 1 heterocycles. The molecule has 1 N–H and O–H groups in total. The SMILES string of the molecule is CCC(CC)(CNC(C)(C)C)Cc1nc2ccccc2s1. The second-order valence-corrected chi connectivity index (χ2v) is 8.18. The van der Waals surface area contributed by atoms with E-state index in [-0.39, 0.29) is 5.54 Å². The Balaban J connectivity index is 2.18. The predicted octanol–water partition coefficient (Wildman–Crippen LogP) is 5.03. The van der Waals surface area contributed by atoms with Gasteiger partial charge in [0.05, 0.1) is 15.2 Å². The fourth-order valence-corrected chi connectivity index (χ4v) is 3.72. The standard InChI is InChI=1S/C18H28N2S/c1-6-18(7-2,13-19-17(3,4)5)12-16-20-14-10-8-9-11-15(14)21-16/h8-11,19H,6-7,12-13H2,1-5H3. The highest BCUT2D eigenvalue weighted by Crippen LogP contribution is 2.34. The van der Waals surface area contributed by atoms with Crippen LogP contribution >= 0.6 is 11.3 Å². The van der Waals surface area contributed by atoms with Gasteiger partial charge in [0.2, 0.25) is 0 Å². The van der Waals surface area contributed by atoms with Gasteiger partial charge in [0.15, 0.2) is 0 Å². The molecule has 1 aromatic heterocycles. The molecule has 0 saturated heterocycles. The molecule has 2 aromatic rings. The van der Waals surface area contributed by atoms with Crippen molar-refractivity contribution in [3.63, 3.8) is 0 Å². The monoisotopic (exact) mass is 304 g/mol. The highest BCUT2D eigenvalue weighted by atomic mass is 32.1. The minimum atomic E-state index is 0.170. The van der Waals surface area contributed by atoms with Gasteiger partial charge in [-0.05, 0) is 51.2 Å². The van der Waals surface area contributed by atoms with Crippen LogP contribution < -0.4 is 5.32 Å². The Labute approximate surface area is 133 Å². The summed E-state index contributed by atoms with van der Waals surface area (Å²) in [7, 11) is 0. The van der Waals surface area contributed by atoms with E-state index in [1.54, 1.807) is 0 Å². The van der Waals surface area contributed by atoms with Crippen LogP contribution in [0.1, 0.15) is 52.5 Å². The minimum absolute atomic E-state index is 0.170.